The van der Waals surface area contributed by atoms with Crippen molar-refractivity contribution in [2.24, 2.45) is 0 Å². The van der Waals surface area contributed by atoms with E-state index in [9.17, 15) is 9.59 Å². The zero-order chi connectivity index (χ0) is 13.8. The van der Waals surface area contributed by atoms with Crippen molar-refractivity contribution in [1.82, 2.24) is 10.2 Å². The van der Waals surface area contributed by atoms with Gasteiger partial charge >= 0.3 is 0 Å². The van der Waals surface area contributed by atoms with Crippen molar-refractivity contribution >= 4 is 11.8 Å². The van der Waals surface area contributed by atoms with Crippen LogP contribution in [0.3, 0.4) is 0 Å². The monoisotopic (exact) mass is 260 g/mol. The average molecular weight is 260 g/mol. The topological polar surface area (TPSA) is 49.4 Å². The Morgan fingerprint density at radius 3 is 2.53 bits per heavy atom. The summed E-state index contributed by atoms with van der Waals surface area (Å²) >= 11 is 0. The Labute approximate surface area is 113 Å². The van der Waals surface area contributed by atoms with E-state index in [4.69, 9.17) is 0 Å². The molecule has 2 unspecified atom stereocenters. The molecule has 4 nitrogen and oxygen atoms in total. The number of hydrogen-bond acceptors (Lipinski definition) is 2. The molecule has 0 radical (unpaired) electrons. The number of nitrogens with zero attached hydrogens (tertiary/aromatic N) is 1. The summed E-state index contributed by atoms with van der Waals surface area (Å²) in [5, 5.41) is 2.85. The van der Waals surface area contributed by atoms with Gasteiger partial charge < -0.3 is 10.2 Å². The van der Waals surface area contributed by atoms with Gasteiger partial charge in [-0.25, -0.2) is 0 Å². The highest BCUT2D eigenvalue weighted by Crippen LogP contribution is 2.15. The van der Waals surface area contributed by atoms with Gasteiger partial charge in [-0.15, -0.1) is 0 Å². The van der Waals surface area contributed by atoms with E-state index >= 15 is 0 Å². The lowest BCUT2D eigenvalue weighted by molar-refractivity contribution is -0.147. The van der Waals surface area contributed by atoms with Gasteiger partial charge in [0.25, 0.3) is 0 Å². The van der Waals surface area contributed by atoms with E-state index in [0.29, 0.717) is 12.8 Å². The second-order valence-electron chi connectivity index (χ2n) is 5.00. The van der Waals surface area contributed by atoms with E-state index in [0.717, 1.165) is 12.0 Å². The molecule has 1 aromatic carbocycles. The number of nitrogens with one attached hydrogen (secondary N) is 1. The molecule has 4 heteroatoms. The van der Waals surface area contributed by atoms with E-state index in [-0.39, 0.29) is 17.9 Å². The average Bonchev–Trinajstić information content (AvgIpc) is 2.42. The Hall–Kier alpha value is -1.84. The highest BCUT2D eigenvalue weighted by atomic mass is 16.2. The number of likely N-dealkylation sites (N-methyl/N-ethyl adjacent to an activating group) is 1. The summed E-state index contributed by atoms with van der Waals surface area (Å²) in [6, 6.07) is 9.00. The molecule has 0 bridgehead atoms. The van der Waals surface area contributed by atoms with Crippen molar-refractivity contribution < 1.29 is 9.59 Å². The van der Waals surface area contributed by atoms with Gasteiger partial charge in [0.05, 0.1) is 0 Å². The van der Waals surface area contributed by atoms with Gasteiger partial charge in [0, 0.05) is 13.5 Å². The van der Waals surface area contributed by atoms with E-state index in [1.54, 1.807) is 11.9 Å². The Morgan fingerprint density at radius 2 is 1.89 bits per heavy atom. The molecule has 0 spiro atoms. The minimum Gasteiger partial charge on any atom is -0.342 e. The molecule has 1 aromatic rings. The molecule has 1 saturated heterocycles. The fraction of sp³-hybridized carbons (Fsp3) is 0.467. The third kappa shape index (κ3) is 2.95. The van der Waals surface area contributed by atoms with Crippen molar-refractivity contribution in [3.63, 3.8) is 0 Å². The molecule has 0 aliphatic carbocycles. The second-order valence-corrected chi connectivity index (χ2v) is 5.00. The van der Waals surface area contributed by atoms with Crippen molar-refractivity contribution in [3.05, 3.63) is 35.9 Å². The molecule has 2 amide bonds. The second kappa shape index (κ2) is 5.87. The SMILES string of the molecule is CCCC1C(=O)NC(Cc2ccccc2)C(=O)N1C. The number of piperazine rings is 1. The Kier molecular flexibility index (Phi) is 4.20. The van der Waals surface area contributed by atoms with Crippen LogP contribution in [0.5, 0.6) is 0 Å². The molecule has 1 N–H and O–H groups in total. The lowest BCUT2D eigenvalue weighted by Gasteiger charge is -2.36. The number of benzene rings is 1. The molecular formula is C15H20N2O2. The molecule has 2 rings (SSSR count). The fourth-order valence-corrected chi connectivity index (χ4v) is 2.49. The predicted octanol–water partition coefficient (Wildman–Crippen LogP) is 1.35. The summed E-state index contributed by atoms with van der Waals surface area (Å²) in [6.07, 6.45) is 2.15. The summed E-state index contributed by atoms with van der Waals surface area (Å²) in [5.74, 6) is -0.0354. The summed E-state index contributed by atoms with van der Waals surface area (Å²) in [6.45, 7) is 2.02. The smallest absolute Gasteiger partial charge is 0.245 e. The highest BCUT2D eigenvalue weighted by Gasteiger charge is 2.37. The molecule has 1 heterocycles. The zero-order valence-corrected chi connectivity index (χ0v) is 11.4. The van der Waals surface area contributed by atoms with Crippen molar-refractivity contribution in [2.45, 2.75) is 38.3 Å². The van der Waals surface area contributed by atoms with Crippen LogP contribution in [0.2, 0.25) is 0 Å². The first-order chi connectivity index (χ1) is 9.13. The molecule has 1 aliphatic heterocycles. The Bertz CT molecular complexity index is 458. The molecule has 1 fully saturated rings. The zero-order valence-electron chi connectivity index (χ0n) is 11.4. The van der Waals surface area contributed by atoms with Gasteiger partial charge in [-0.3, -0.25) is 9.59 Å². The maximum Gasteiger partial charge on any atom is 0.245 e. The van der Waals surface area contributed by atoms with Crippen LogP contribution >= 0.6 is 0 Å². The maximum atomic E-state index is 12.3. The molecule has 1 aliphatic rings. The Morgan fingerprint density at radius 1 is 1.21 bits per heavy atom. The lowest BCUT2D eigenvalue weighted by atomic mass is 9.99. The molecule has 19 heavy (non-hydrogen) atoms. The minimum absolute atomic E-state index is 0.00176. The molecular weight excluding hydrogens is 240 g/mol. The van der Waals surface area contributed by atoms with Gasteiger partial charge in [0.1, 0.15) is 12.1 Å². The van der Waals surface area contributed by atoms with Crippen molar-refractivity contribution in [3.8, 4) is 0 Å². The van der Waals surface area contributed by atoms with Gasteiger partial charge in [-0.1, -0.05) is 43.7 Å². The summed E-state index contributed by atoms with van der Waals surface area (Å²) in [4.78, 5) is 25.9. The predicted molar refractivity (Wildman–Crippen MR) is 73.5 cm³/mol. The van der Waals surface area contributed by atoms with Gasteiger partial charge in [-0.2, -0.15) is 0 Å². The summed E-state index contributed by atoms with van der Waals surface area (Å²) < 4.78 is 0. The molecule has 0 saturated carbocycles. The van der Waals surface area contributed by atoms with Crippen molar-refractivity contribution in [1.29, 1.82) is 0 Å². The quantitative estimate of drug-likeness (QED) is 0.888. The van der Waals surface area contributed by atoms with Gasteiger partial charge in [0.15, 0.2) is 0 Å². The van der Waals surface area contributed by atoms with Crippen LogP contribution < -0.4 is 5.32 Å². The van der Waals surface area contributed by atoms with E-state index in [1.165, 1.54) is 0 Å². The molecule has 0 aromatic heterocycles. The maximum absolute atomic E-state index is 12.3. The van der Waals surface area contributed by atoms with Crippen LogP contribution in [0, 0.1) is 0 Å². The number of amides is 2. The van der Waals surface area contributed by atoms with E-state index < -0.39 is 6.04 Å². The summed E-state index contributed by atoms with van der Waals surface area (Å²) in [7, 11) is 1.72. The van der Waals surface area contributed by atoms with Crippen molar-refractivity contribution in [2.75, 3.05) is 7.05 Å². The molecule has 102 valence electrons. The third-order valence-electron chi connectivity index (χ3n) is 3.58. The van der Waals surface area contributed by atoms with Crippen LogP contribution in [0.4, 0.5) is 0 Å². The van der Waals surface area contributed by atoms with Crippen LogP contribution in [-0.2, 0) is 16.0 Å². The van der Waals surface area contributed by atoms with Crippen LogP contribution in [0.1, 0.15) is 25.3 Å². The Balaban J connectivity index is 2.08. The van der Waals surface area contributed by atoms with Crippen LogP contribution in [0.15, 0.2) is 30.3 Å². The third-order valence-corrected chi connectivity index (χ3v) is 3.58. The minimum atomic E-state index is -0.437. The largest absolute Gasteiger partial charge is 0.342 e. The first-order valence-corrected chi connectivity index (χ1v) is 6.74. The number of carbonyl (C=O) groups is 2. The number of carbonyl (C=O) groups excluding carboxylic acids is 2. The van der Waals surface area contributed by atoms with Gasteiger partial charge in [-0.05, 0) is 12.0 Å². The number of rotatable bonds is 4. The van der Waals surface area contributed by atoms with E-state index in [1.807, 2.05) is 37.3 Å². The summed E-state index contributed by atoms with van der Waals surface area (Å²) in [5.41, 5.74) is 1.06. The van der Waals surface area contributed by atoms with Crippen LogP contribution in [-0.4, -0.2) is 35.8 Å². The molecule has 2 atom stereocenters. The lowest BCUT2D eigenvalue weighted by Crippen LogP contribution is -2.62. The fourth-order valence-electron chi connectivity index (χ4n) is 2.49. The van der Waals surface area contributed by atoms with Crippen LogP contribution in [0.25, 0.3) is 0 Å². The standard InChI is InChI=1S/C15H20N2O2/c1-3-7-13-14(18)16-12(15(19)17(13)2)10-11-8-5-4-6-9-11/h4-6,8-9,12-13H,3,7,10H2,1-2H3,(H,16,18). The number of hydrogen-bond donors (Lipinski definition) is 1. The first kappa shape index (κ1) is 13.6. The normalized spacial score (nSPS) is 23.4. The van der Waals surface area contributed by atoms with E-state index in [2.05, 4.69) is 5.32 Å². The first-order valence-electron chi connectivity index (χ1n) is 6.74. The van der Waals surface area contributed by atoms with Gasteiger partial charge in [0.2, 0.25) is 11.8 Å². The highest BCUT2D eigenvalue weighted by molar-refractivity contribution is 5.96.